The molecule has 2 aromatic rings. The summed E-state index contributed by atoms with van der Waals surface area (Å²) in [6.45, 7) is -0.316. The maximum Gasteiger partial charge on any atom is 0.267 e. The predicted molar refractivity (Wildman–Crippen MR) is 81.0 cm³/mol. The Morgan fingerprint density at radius 3 is 2.52 bits per heavy atom. The van der Waals surface area contributed by atoms with Crippen LogP contribution in [0.25, 0.3) is 0 Å². The van der Waals surface area contributed by atoms with Crippen LogP contribution in [0, 0.1) is 5.82 Å². The monoisotopic (exact) mass is 336 g/mol. The molecule has 8 heteroatoms. The van der Waals surface area contributed by atoms with Gasteiger partial charge in [0.25, 0.3) is 15.9 Å². The third-order valence-corrected chi connectivity index (χ3v) is 5.27. The van der Waals surface area contributed by atoms with Gasteiger partial charge in [0.15, 0.2) is 6.10 Å². The van der Waals surface area contributed by atoms with Crippen molar-refractivity contribution in [3.05, 3.63) is 54.3 Å². The van der Waals surface area contributed by atoms with Crippen molar-refractivity contribution >= 4 is 21.6 Å². The molecular formula is C15H13FN2O4S. The van der Waals surface area contributed by atoms with Crippen molar-refractivity contribution in [3.8, 4) is 5.75 Å². The summed E-state index contributed by atoms with van der Waals surface area (Å²) < 4.78 is 45.9. The predicted octanol–water partition coefficient (Wildman–Crippen LogP) is 1.27. The summed E-state index contributed by atoms with van der Waals surface area (Å²) in [6.07, 6.45) is -1.15. The number of ether oxygens (including phenoxy) is 1. The van der Waals surface area contributed by atoms with Crippen molar-refractivity contribution in [2.75, 3.05) is 10.8 Å². The number of carbonyl (C=O) groups excluding carboxylic acids is 1. The molecular weight excluding hydrogens is 323 g/mol. The number of primary amides is 1. The number of fused-ring (bicyclic) bond motifs is 1. The Labute approximate surface area is 132 Å². The van der Waals surface area contributed by atoms with E-state index in [0.29, 0.717) is 0 Å². The average molecular weight is 336 g/mol. The van der Waals surface area contributed by atoms with E-state index in [9.17, 15) is 17.6 Å². The first-order valence-electron chi connectivity index (χ1n) is 6.73. The van der Waals surface area contributed by atoms with Crippen molar-refractivity contribution < 1.29 is 22.3 Å². The number of benzene rings is 2. The van der Waals surface area contributed by atoms with E-state index < -0.39 is 32.7 Å². The molecule has 23 heavy (non-hydrogen) atoms. The van der Waals surface area contributed by atoms with Gasteiger partial charge in [0, 0.05) is 0 Å². The van der Waals surface area contributed by atoms with E-state index in [1.165, 1.54) is 30.3 Å². The highest BCUT2D eigenvalue weighted by atomic mass is 32.2. The Balaban J connectivity index is 2.14. The smallest absolute Gasteiger partial charge is 0.267 e. The minimum atomic E-state index is -4.20. The van der Waals surface area contributed by atoms with Crippen molar-refractivity contribution in [1.82, 2.24) is 0 Å². The van der Waals surface area contributed by atoms with E-state index in [1.807, 2.05) is 0 Å². The quantitative estimate of drug-likeness (QED) is 0.914. The third kappa shape index (κ3) is 2.61. The topological polar surface area (TPSA) is 89.7 Å². The highest BCUT2D eigenvalue weighted by Gasteiger charge is 2.37. The first-order chi connectivity index (χ1) is 10.9. The highest BCUT2D eigenvalue weighted by molar-refractivity contribution is 7.92. The van der Waals surface area contributed by atoms with Crippen LogP contribution < -0.4 is 14.8 Å². The van der Waals surface area contributed by atoms with Crippen molar-refractivity contribution in [3.63, 3.8) is 0 Å². The minimum Gasteiger partial charge on any atom is -0.476 e. The molecule has 0 spiro atoms. The highest BCUT2D eigenvalue weighted by Crippen LogP contribution is 2.37. The number of rotatable bonds is 3. The number of amides is 1. The third-order valence-electron chi connectivity index (χ3n) is 3.46. The number of hydrogen-bond donors (Lipinski definition) is 1. The molecule has 6 nitrogen and oxygen atoms in total. The van der Waals surface area contributed by atoms with Gasteiger partial charge in [-0.05, 0) is 24.3 Å². The lowest BCUT2D eigenvalue weighted by Gasteiger charge is -2.34. The van der Waals surface area contributed by atoms with Gasteiger partial charge in [-0.25, -0.2) is 12.8 Å². The maximum absolute atomic E-state index is 13.9. The normalized spacial score (nSPS) is 17.3. The van der Waals surface area contributed by atoms with Gasteiger partial charge >= 0.3 is 0 Å². The van der Waals surface area contributed by atoms with E-state index in [0.717, 1.165) is 10.4 Å². The number of carbonyl (C=O) groups is 1. The van der Waals surface area contributed by atoms with Gasteiger partial charge in [0.2, 0.25) is 0 Å². The number of nitrogens with two attached hydrogens (primary N) is 1. The molecule has 1 aliphatic rings. The Morgan fingerprint density at radius 2 is 1.83 bits per heavy atom. The molecule has 2 N–H and O–H groups in total. The number of halogens is 1. The summed E-state index contributed by atoms with van der Waals surface area (Å²) in [5, 5.41) is 0. The zero-order valence-electron chi connectivity index (χ0n) is 11.8. The second kappa shape index (κ2) is 5.54. The molecule has 0 aliphatic carbocycles. The molecule has 1 heterocycles. The minimum absolute atomic E-state index is 0.197. The number of sulfonamides is 1. The molecule has 0 saturated carbocycles. The van der Waals surface area contributed by atoms with Crippen LogP contribution in [-0.4, -0.2) is 27.0 Å². The molecule has 1 aliphatic heterocycles. The molecule has 1 atom stereocenters. The Bertz CT molecular complexity index is 869. The van der Waals surface area contributed by atoms with E-state index in [4.69, 9.17) is 10.5 Å². The molecule has 0 unspecified atom stereocenters. The summed E-state index contributed by atoms with van der Waals surface area (Å²) >= 11 is 0. The van der Waals surface area contributed by atoms with Gasteiger partial charge < -0.3 is 10.5 Å². The largest absolute Gasteiger partial charge is 0.476 e. The van der Waals surface area contributed by atoms with Gasteiger partial charge in [0.1, 0.15) is 16.5 Å². The standard InChI is InChI=1S/C15H13FN2O4S/c16-10-5-1-4-8-14(10)23(20,21)18-9-13(15(17)19)22-12-7-3-2-6-11(12)18/h1-8,13H,9H2,(H2,17,19)/t13-/m1/s1. The fourth-order valence-electron chi connectivity index (χ4n) is 2.35. The number of anilines is 1. The van der Waals surface area contributed by atoms with Crippen LogP contribution in [0.15, 0.2) is 53.4 Å². The van der Waals surface area contributed by atoms with Crippen LogP contribution in [0.1, 0.15) is 0 Å². The van der Waals surface area contributed by atoms with Crippen LogP contribution >= 0.6 is 0 Å². The van der Waals surface area contributed by atoms with Crippen LogP contribution in [0.2, 0.25) is 0 Å². The van der Waals surface area contributed by atoms with Gasteiger partial charge in [-0.15, -0.1) is 0 Å². The van der Waals surface area contributed by atoms with Crippen molar-refractivity contribution in [2.45, 2.75) is 11.0 Å². The summed E-state index contributed by atoms with van der Waals surface area (Å²) in [5.41, 5.74) is 5.47. The van der Waals surface area contributed by atoms with Gasteiger partial charge in [-0.1, -0.05) is 24.3 Å². The Hall–Kier alpha value is -2.61. The second-order valence-corrected chi connectivity index (χ2v) is 6.77. The molecule has 2 aromatic carbocycles. The lowest BCUT2D eigenvalue weighted by Crippen LogP contribution is -2.49. The van der Waals surface area contributed by atoms with Crippen LogP contribution in [0.3, 0.4) is 0 Å². The van der Waals surface area contributed by atoms with E-state index in [1.54, 1.807) is 12.1 Å². The van der Waals surface area contributed by atoms with E-state index in [-0.39, 0.29) is 18.0 Å². The van der Waals surface area contributed by atoms with Crippen LogP contribution in [0.5, 0.6) is 5.75 Å². The van der Waals surface area contributed by atoms with Crippen molar-refractivity contribution in [2.24, 2.45) is 5.73 Å². The lowest BCUT2D eigenvalue weighted by atomic mass is 10.2. The Kier molecular flexibility index (Phi) is 3.69. The fourth-order valence-corrected chi connectivity index (χ4v) is 3.89. The van der Waals surface area contributed by atoms with Gasteiger partial charge in [-0.3, -0.25) is 9.10 Å². The Morgan fingerprint density at radius 1 is 1.17 bits per heavy atom. The zero-order chi connectivity index (χ0) is 16.6. The number of hydrogen-bond acceptors (Lipinski definition) is 4. The van der Waals surface area contributed by atoms with Gasteiger partial charge in [0.05, 0.1) is 12.2 Å². The zero-order valence-corrected chi connectivity index (χ0v) is 12.7. The summed E-state index contributed by atoms with van der Waals surface area (Å²) in [5.74, 6) is -1.47. The molecule has 0 aromatic heterocycles. The summed E-state index contributed by atoms with van der Waals surface area (Å²) in [4.78, 5) is 11.0. The average Bonchev–Trinajstić information content (AvgIpc) is 2.53. The summed E-state index contributed by atoms with van der Waals surface area (Å²) in [6, 6.07) is 11.3. The van der Waals surface area contributed by atoms with E-state index in [2.05, 4.69) is 0 Å². The van der Waals surface area contributed by atoms with Crippen LogP contribution in [0.4, 0.5) is 10.1 Å². The molecule has 1 amide bonds. The molecule has 0 bridgehead atoms. The first-order valence-corrected chi connectivity index (χ1v) is 8.17. The molecule has 0 fully saturated rings. The van der Waals surface area contributed by atoms with Crippen LogP contribution in [-0.2, 0) is 14.8 Å². The molecule has 3 rings (SSSR count). The molecule has 120 valence electrons. The van der Waals surface area contributed by atoms with Gasteiger partial charge in [-0.2, -0.15) is 0 Å². The second-order valence-electron chi connectivity index (χ2n) is 4.94. The SMILES string of the molecule is NC(=O)[C@H]1CN(S(=O)(=O)c2ccccc2F)c2ccccc2O1. The lowest BCUT2D eigenvalue weighted by molar-refractivity contribution is -0.124. The molecule has 0 radical (unpaired) electrons. The molecule has 0 saturated heterocycles. The fraction of sp³-hybridized carbons (Fsp3) is 0.133. The van der Waals surface area contributed by atoms with E-state index >= 15 is 0 Å². The number of nitrogens with zero attached hydrogens (tertiary/aromatic N) is 1. The first kappa shape index (κ1) is 15.3. The summed E-state index contributed by atoms with van der Waals surface area (Å²) in [7, 11) is -4.20. The number of para-hydroxylation sites is 2. The maximum atomic E-state index is 13.9. The van der Waals surface area contributed by atoms with Crippen molar-refractivity contribution in [1.29, 1.82) is 0 Å².